The summed E-state index contributed by atoms with van der Waals surface area (Å²) in [5.41, 5.74) is 1.37. The zero-order valence-corrected chi connectivity index (χ0v) is 12.0. The van der Waals surface area contributed by atoms with Crippen LogP contribution in [0.1, 0.15) is 16.2 Å². The number of nitrogens with zero attached hydrogens (tertiary/aromatic N) is 3. The average molecular weight is 331 g/mol. The average Bonchev–Trinajstić information content (AvgIpc) is 2.88. The predicted molar refractivity (Wildman–Crippen MR) is 78.3 cm³/mol. The Morgan fingerprint density at radius 1 is 1.20 bits per heavy atom. The van der Waals surface area contributed by atoms with Crippen LogP contribution in [0.25, 0.3) is 5.65 Å². The van der Waals surface area contributed by atoms with Crippen LogP contribution in [-0.2, 0) is 6.54 Å². The molecule has 0 aliphatic carbocycles. The topological polar surface area (TPSA) is 59.3 Å². The number of hydrogen-bond acceptors (Lipinski definition) is 3. The van der Waals surface area contributed by atoms with Crippen molar-refractivity contribution < 1.29 is 4.79 Å². The van der Waals surface area contributed by atoms with Crippen LogP contribution in [0.15, 0.2) is 53.1 Å². The molecule has 100 valence electrons. The minimum absolute atomic E-state index is 0.140. The van der Waals surface area contributed by atoms with Gasteiger partial charge in [0, 0.05) is 16.2 Å². The summed E-state index contributed by atoms with van der Waals surface area (Å²) >= 11 is 3.35. The molecule has 0 unspecified atom stereocenters. The van der Waals surface area contributed by atoms with Crippen molar-refractivity contribution in [3.8, 4) is 0 Å². The number of carbonyl (C=O) groups is 1. The predicted octanol–water partition coefficient (Wildman–Crippen LogP) is 2.42. The summed E-state index contributed by atoms with van der Waals surface area (Å²) in [6.07, 6.45) is 1.87. The highest BCUT2D eigenvalue weighted by molar-refractivity contribution is 9.10. The minimum atomic E-state index is -0.140. The first-order valence-corrected chi connectivity index (χ1v) is 6.86. The van der Waals surface area contributed by atoms with E-state index in [2.05, 4.69) is 31.4 Å². The van der Waals surface area contributed by atoms with E-state index in [1.54, 1.807) is 12.1 Å². The molecule has 2 heterocycles. The molecular weight excluding hydrogens is 320 g/mol. The number of aromatic nitrogens is 3. The lowest BCUT2D eigenvalue weighted by molar-refractivity contribution is 0.0949. The number of halogens is 1. The van der Waals surface area contributed by atoms with Crippen LogP contribution in [0.5, 0.6) is 0 Å². The van der Waals surface area contributed by atoms with Crippen LogP contribution in [0, 0.1) is 0 Å². The van der Waals surface area contributed by atoms with Gasteiger partial charge in [0.15, 0.2) is 11.5 Å². The van der Waals surface area contributed by atoms with Crippen molar-refractivity contribution in [2.24, 2.45) is 0 Å². The van der Waals surface area contributed by atoms with E-state index in [9.17, 15) is 4.79 Å². The summed E-state index contributed by atoms with van der Waals surface area (Å²) in [4.78, 5) is 12.0. The van der Waals surface area contributed by atoms with Gasteiger partial charge in [0.25, 0.3) is 5.91 Å². The molecule has 0 radical (unpaired) electrons. The Kier molecular flexibility index (Phi) is 3.47. The molecule has 0 aliphatic rings. The smallest absolute Gasteiger partial charge is 0.251 e. The van der Waals surface area contributed by atoms with E-state index in [1.165, 1.54) is 0 Å². The largest absolute Gasteiger partial charge is 0.345 e. The van der Waals surface area contributed by atoms with Crippen molar-refractivity contribution in [1.29, 1.82) is 0 Å². The number of nitrogens with one attached hydrogen (secondary N) is 1. The van der Waals surface area contributed by atoms with Gasteiger partial charge in [-0.15, -0.1) is 10.2 Å². The molecule has 0 saturated carbocycles. The third kappa shape index (κ3) is 2.55. The molecule has 1 aromatic carbocycles. The standard InChI is InChI=1S/C14H11BrN4O/c15-11-5-3-4-10(8-11)14(20)16-9-13-18-17-12-6-1-2-7-19(12)13/h1-8H,9H2,(H,16,20). The Balaban J connectivity index is 1.75. The van der Waals surface area contributed by atoms with Crippen LogP contribution < -0.4 is 5.32 Å². The van der Waals surface area contributed by atoms with Crippen LogP contribution in [0.3, 0.4) is 0 Å². The van der Waals surface area contributed by atoms with Gasteiger partial charge in [0.1, 0.15) is 0 Å². The number of hydrogen-bond donors (Lipinski definition) is 1. The van der Waals surface area contributed by atoms with Gasteiger partial charge in [0.05, 0.1) is 6.54 Å². The lowest BCUT2D eigenvalue weighted by atomic mass is 10.2. The van der Waals surface area contributed by atoms with E-state index in [0.717, 1.165) is 10.1 Å². The van der Waals surface area contributed by atoms with Crippen LogP contribution >= 0.6 is 15.9 Å². The number of benzene rings is 1. The monoisotopic (exact) mass is 330 g/mol. The zero-order valence-electron chi connectivity index (χ0n) is 10.5. The van der Waals surface area contributed by atoms with Gasteiger partial charge in [0.2, 0.25) is 0 Å². The van der Waals surface area contributed by atoms with Gasteiger partial charge in [-0.2, -0.15) is 0 Å². The molecule has 1 amide bonds. The maximum atomic E-state index is 12.0. The molecule has 3 rings (SSSR count). The van der Waals surface area contributed by atoms with Gasteiger partial charge in [-0.1, -0.05) is 28.1 Å². The van der Waals surface area contributed by atoms with Crippen LogP contribution in [-0.4, -0.2) is 20.5 Å². The van der Waals surface area contributed by atoms with Gasteiger partial charge in [-0.25, -0.2) is 0 Å². The van der Waals surface area contributed by atoms with E-state index < -0.39 is 0 Å². The second kappa shape index (κ2) is 5.42. The van der Waals surface area contributed by atoms with Gasteiger partial charge < -0.3 is 5.32 Å². The molecule has 3 aromatic rings. The van der Waals surface area contributed by atoms with Crippen molar-refractivity contribution in [3.63, 3.8) is 0 Å². The highest BCUT2D eigenvalue weighted by atomic mass is 79.9. The molecule has 20 heavy (non-hydrogen) atoms. The first-order chi connectivity index (χ1) is 9.74. The third-order valence-electron chi connectivity index (χ3n) is 2.88. The number of carbonyl (C=O) groups excluding carboxylic acids is 1. The Labute approximate surface area is 123 Å². The summed E-state index contributed by atoms with van der Waals surface area (Å²) < 4.78 is 2.72. The van der Waals surface area contributed by atoms with Crippen molar-refractivity contribution in [2.45, 2.75) is 6.54 Å². The Morgan fingerprint density at radius 3 is 2.95 bits per heavy atom. The molecule has 1 N–H and O–H groups in total. The summed E-state index contributed by atoms with van der Waals surface area (Å²) in [5, 5.41) is 10.9. The second-order valence-electron chi connectivity index (χ2n) is 4.24. The number of rotatable bonds is 3. The molecule has 0 saturated heterocycles. The van der Waals surface area contributed by atoms with E-state index in [4.69, 9.17) is 0 Å². The van der Waals surface area contributed by atoms with Crippen molar-refractivity contribution in [3.05, 3.63) is 64.5 Å². The van der Waals surface area contributed by atoms with Gasteiger partial charge in [-0.05, 0) is 30.3 Å². The third-order valence-corrected chi connectivity index (χ3v) is 3.37. The minimum Gasteiger partial charge on any atom is -0.345 e. The maximum Gasteiger partial charge on any atom is 0.251 e. The van der Waals surface area contributed by atoms with Gasteiger partial charge >= 0.3 is 0 Å². The van der Waals surface area contributed by atoms with Crippen LogP contribution in [0.2, 0.25) is 0 Å². The van der Waals surface area contributed by atoms with Crippen molar-refractivity contribution >= 4 is 27.5 Å². The molecule has 0 spiro atoms. The van der Waals surface area contributed by atoms with Crippen LogP contribution in [0.4, 0.5) is 0 Å². The molecule has 5 nitrogen and oxygen atoms in total. The molecule has 6 heteroatoms. The van der Waals surface area contributed by atoms with E-state index >= 15 is 0 Å². The Morgan fingerprint density at radius 2 is 2.10 bits per heavy atom. The highest BCUT2D eigenvalue weighted by Crippen LogP contribution is 2.11. The highest BCUT2D eigenvalue weighted by Gasteiger charge is 2.08. The second-order valence-corrected chi connectivity index (χ2v) is 5.15. The zero-order chi connectivity index (χ0) is 13.9. The SMILES string of the molecule is O=C(NCc1nnc2ccccn12)c1cccc(Br)c1. The number of amides is 1. The van der Waals surface area contributed by atoms with E-state index in [1.807, 2.05) is 40.9 Å². The molecule has 0 bridgehead atoms. The quantitative estimate of drug-likeness (QED) is 0.802. The fourth-order valence-corrected chi connectivity index (χ4v) is 2.30. The number of fused-ring (bicyclic) bond motifs is 1. The van der Waals surface area contributed by atoms with Crippen molar-refractivity contribution in [1.82, 2.24) is 19.9 Å². The van der Waals surface area contributed by atoms with E-state index in [0.29, 0.717) is 17.9 Å². The Bertz CT molecular complexity index is 768. The number of pyridine rings is 1. The molecule has 2 aromatic heterocycles. The summed E-state index contributed by atoms with van der Waals surface area (Å²) in [7, 11) is 0. The van der Waals surface area contributed by atoms with Gasteiger partial charge in [-0.3, -0.25) is 9.20 Å². The molecular formula is C14H11BrN4O. The molecule has 0 fully saturated rings. The maximum absolute atomic E-state index is 12.0. The molecule has 0 atom stereocenters. The fraction of sp³-hybridized carbons (Fsp3) is 0.0714. The van der Waals surface area contributed by atoms with E-state index in [-0.39, 0.29) is 5.91 Å². The fourth-order valence-electron chi connectivity index (χ4n) is 1.90. The van der Waals surface area contributed by atoms with Crippen molar-refractivity contribution in [2.75, 3.05) is 0 Å². The normalized spacial score (nSPS) is 10.7. The summed E-state index contributed by atoms with van der Waals surface area (Å²) in [6.45, 7) is 0.330. The first-order valence-electron chi connectivity index (χ1n) is 6.06. The summed E-state index contributed by atoms with van der Waals surface area (Å²) in [5.74, 6) is 0.558. The molecule has 0 aliphatic heterocycles. The first kappa shape index (κ1) is 12.8. The lowest BCUT2D eigenvalue weighted by Crippen LogP contribution is -2.23. The Hall–Kier alpha value is -2.21. The summed E-state index contributed by atoms with van der Waals surface area (Å²) in [6, 6.07) is 12.9. The lowest BCUT2D eigenvalue weighted by Gasteiger charge is -2.04.